The first-order valence-electron chi connectivity index (χ1n) is 7.03. The topological polar surface area (TPSA) is 49.3 Å². The van der Waals surface area contributed by atoms with Crippen LogP contribution in [0.4, 0.5) is 0 Å². The summed E-state index contributed by atoms with van der Waals surface area (Å²) in [7, 11) is 1.81. The zero-order valence-corrected chi connectivity index (χ0v) is 13.3. The molecule has 1 unspecified atom stereocenters. The van der Waals surface area contributed by atoms with Crippen LogP contribution in [0.3, 0.4) is 0 Å². The Hall–Kier alpha value is -1.10. The number of nitrogens with one attached hydrogen (secondary N) is 2. The molecule has 0 aromatic carbocycles. The molecule has 0 spiro atoms. The lowest BCUT2D eigenvalue weighted by molar-refractivity contribution is 0.547. The highest BCUT2D eigenvalue weighted by Crippen LogP contribution is 2.11. The lowest BCUT2D eigenvalue weighted by Crippen LogP contribution is -2.41. The van der Waals surface area contributed by atoms with E-state index in [4.69, 9.17) is 0 Å². The molecule has 0 saturated heterocycles. The highest BCUT2D eigenvalue weighted by atomic mass is 32.1. The van der Waals surface area contributed by atoms with E-state index in [0.717, 1.165) is 18.2 Å². The van der Waals surface area contributed by atoms with Crippen LogP contribution in [0, 0.1) is 6.92 Å². The molecule has 108 valence electrons. The van der Waals surface area contributed by atoms with Gasteiger partial charge in [-0.1, -0.05) is 26.2 Å². The molecule has 0 bridgehead atoms. The summed E-state index contributed by atoms with van der Waals surface area (Å²) in [5, 5.41) is 6.77. The van der Waals surface area contributed by atoms with Crippen molar-refractivity contribution in [3.8, 4) is 0 Å². The maximum Gasteiger partial charge on any atom is 0.191 e. The molecule has 1 rings (SSSR count). The molecule has 0 aliphatic heterocycles. The van der Waals surface area contributed by atoms with Gasteiger partial charge in [0.15, 0.2) is 5.96 Å². The number of thiazole rings is 1. The summed E-state index contributed by atoms with van der Waals surface area (Å²) in [5.74, 6) is 0.872. The van der Waals surface area contributed by atoms with Crippen molar-refractivity contribution < 1.29 is 0 Å². The van der Waals surface area contributed by atoms with Crippen molar-refractivity contribution in [2.75, 3.05) is 7.05 Å². The number of guanidine groups is 1. The monoisotopic (exact) mass is 282 g/mol. The maximum atomic E-state index is 4.26. The summed E-state index contributed by atoms with van der Waals surface area (Å²) >= 11 is 1.68. The summed E-state index contributed by atoms with van der Waals surface area (Å²) in [6, 6.07) is 0.459. The van der Waals surface area contributed by atoms with Gasteiger partial charge in [0.05, 0.1) is 17.7 Å². The van der Waals surface area contributed by atoms with Gasteiger partial charge in [-0.15, -0.1) is 11.3 Å². The van der Waals surface area contributed by atoms with Crippen molar-refractivity contribution in [3.05, 3.63) is 16.1 Å². The normalized spacial score (nSPS) is 13.4. The first kappa shape index (κ1) is 16.0. The highest BCUT2D eigenvalue weighted by Gasteiger charge is 2.06. The van der Waals surface area contributed by atoms with E-state index in [-0.39, 0.29) is 0 Å². The van der Waals surface area contributed by atoms with Crippen LogP contribution in [0.1, 0.15) is 50.1 Å². The Morgan fingerprint density at radius 2 is 2.26 bits per heavy atom. The standard InChI is InChI=1S/C14H26N4S/c1-5-6-7-8-11(2)18-14(15-4)16-9-13-12(3)17-10-19-13/h10-11H,5-9H2,1-4H3,(H2,15,16,18). The van der Waals surface area contributed by atoms with Crippen LogP contribution in [-0.4, -0.2) is 24.0 Å². The van der Waals surface area contributed by atoms with E-state index in [1.54, 1.807) is 11.3 Å². The van der Waals surface area contributed by atoms with Gasteiger partial charge in [0, 0.05) is 18.0 Å². The molecule has 19 heavy (non-hydrogen) atoms. The van der Waals surface area contributed by atoms with Crippen LogP contribution in [0.5, 0.6) is 0 Å². The molecule has 1 aromatic heterocycles. The molecule has 0 aliphatic rings. The van der Waals surface area contributed by atoms with Gasteiger partial charge in [0.25, 0.3) is 0 Å². The molecule has 0 aliphatic carbocycles. The van der Waals surface area contributed by atoms with Gasteiger partial charge < -0.3 is 10.6 Å². The fourth-order valence-electron chi connectivity index (χ4n) is 1.86. The van der Waals surface area contributed by atoms with E-state index in [1.165, 1.54) is 30.6 Å². The van der Waals surface area contributed by atoms with Crippen molar-refractivity contribution in [2.24, 2.45) is 4.99 Å². The molecule has 0 fully saturated rings. The number of hydrogen-bond acceptors (Lipinski definition) is 3. The Labute approximate surface area is 120 Å². The quantitative estimate of drug-likeness (QED) is 0.459. The van der Waals surface area contributed by atoms with E-state index in [2.05, 4.69) is 34.5 Å². The third-order valence-electron chi connectivity index (χ3n) is 3.11. The molecular weight excluding hydrogens is 256 g/mol. The summed E-state index contributed by atoms with van der Waals surface area (Å²) in [4.78, 5) is 9.78. The summed E-state index contributed by atoms with van der Waals surface area (Å²) in [6.45, 7) is 7.27. The number of nitrogens with zero attached hydrogens (tertiary/aromatic N) is 2. The van der Waals surface area contributed by atoms with Gasteiger partial charge in [0.2, 0.25) is 0 Å². The highest BCUT2D eigenvalue weighted by molar-refractivity contribution is 7.09. The second-order valence-corrected chi connectivity index (χ2v) is 5.77. The molecule has 0 amide bonds. The average molecular weight is 282 g/mol. The smallest absolute Gasteiger partial charge is 0.191 e. The van der Waals surface area contributed by atoms with Crippen LogP contribution in [-0.2, 0) is 6.54 Å². The third kappa shape index (κ3) is 6.05. The predicted molar refractivity (Wildman–Crippen MR) is 83.8 cm³/mol. The van der Waals surface area contributed by atoms with E-state index in [1.807, 2.05) is 19.5 Å². The van der Waals surface area contributed by atoms with Gasteiger partial charge in [0.1, 0.15) is 0 Å². The number of hydrogen-bond donors (Lipinski definition) is 2. The molecule has 1 heterocycles. The number of aromatic nitrogens is 1. The Balaban J connectivity index is 2.32. The molecule has 4 nitrogen and oxygen atoms in total. The minimum Gasteiger partial charge on any atom is -0.354 e. The SMILES string of the molecule is CCCCCC(C)NC(=NC)NCc1scnc1C. The molecule has 0 radical (unpaired) electrons. The Morgan fingerprint density at radius 3 is 2.84 bits per heavy atom. The lowest BCUT2D eigenvalue weighted by atomic mass is 10.1. The van der Waals surface area contributed by atoms with Crippen molar-refractivity contribution in [2.45, 2.75) is 59.0 Å². The minimum absolute atomic E-state index is 0.459. The van der Waals surface area contributed by atoms with Crippen LogP contribution >= 0.6 is 11.3 Å². The predicted octanol–water partition coefficient (Wildman–Crippen LogP) is 3.09. The van der Waals surface area contributed by atoms with E-state index < -0.39 is 0 Å². The van der Waals surface area contributed by atoms with Crippen LogP contribution in [0.25, 0.3) is 0 Å². The molecule has 0 saturated carbocycles. The van der Waals surface area contributed by atoms with Gasteiger partial charge in [-0.2, -0.15) is 0 Å². The van der Waals surface area contributed by atoms with E-state index >= 15 is 0 Å². The number of aliphatic imine (C=N–C) groups is 1. The molecule has 2 N–H and O–H groups in total. The van der Waals surface area contributed by atoms with Gasteiger partial charge in [-0.3, -0.25) is 4.99 Å². The fraction of sp³-hybridized carbons (Fsp3) is 0.714. The summed E-state index contributed by atoms with van der Waals surface area (Å²) in [6.07, 6.45) is 5.03. The molecule has 5 heteroatoms. The lowest BCUT2D eigenvalue weighted by Gasteiger charge is -2.17. The number of aryl methyl sites for hydroxylation is 1. The largest absolute Gasteiger partial charge is 0.354 e. The number of unbranched alkanes of at least 4 members (excludes halogenated alkanes) is 2. The van der Waals surface area contributed by atoms with Crippen LogP contribution in [0.2, 0.25) is 0 Å². The van der Waals surface area contributed by atoms with E-state index in [9.17, 15) is 0 Å². The van der Waals surface area contributed by atoms with Crippen molar-refractivity contribution in [3.63, 3.8) is 0 Å². The zero-order valence-electron chi connectivity index (χ0n) is 12.5. The molecule has 1 aromatic rings. The second-order valence-electron chi connectivity index (χ2n) is 4.83. The number of rotatable bonds is 7. The maximum absolute atomic E-state index is 4.26. The fourth-order valence-corrected chi connectivity index (χ4v) is 2.58. The van der Waals surface area contributed by atoms with Gasteiger partial charge >= 0.3 is 0 Å². The average Bonchev–Trinajstić information content (AvgIpc) is 2.80. The van der Waals surface area contributed by atoms with Crippen molar-refractivity contribution in [1.29, 1.82) is 0 Å². The minimum atomic E-state index is 0.459. The van der Waals surface area contributed by atoms with Crippen molar-refractivity contribution >= 4 is 17.3 Å². The Morgan fingerprint density at radius 1 is 1.47 bits per heavy atom. The first-order chi connectivity index (χ1) is 9.17. The van der Waals surface area contributed by atoms with Gasteiger partial charge in [-0.05, 0) is 20.3 Å². The van der Waals surface area contributed by atoms with Crippen LogP contribution in [0.15, 0.2) is 10.5 Å². The van der Waals surface area contributed by atoms with Crippen molar-refractivity contribution in [1.82, 2.24) is 15.6 Å². The zero-order chi connectivity index (χ0) is 14.1. The molecular formula is C14H26N4S. The Kier molecular flexibility index (Phi) is 7.48. The summed E-state index contributed by atoms with van der Waals surface area (Å²) < 4.78 is 0. The molecule has 1 atom stereocenters. The first-order valence-corrected chi connectivity index (χ1v) is 7.91. The summed E-state index contributed by atoms with van der Waals surface area (Å²) in [5.41, 5.74) is 2.99. The third-order valence-corrected chi connectivity index (χ3v) is 4.04. The Bertz CT molecular complexity index is 387. The second kappa shape index (κ2) is 8.91. The van der Waals surface area contributed by atoms with Crippen LogP contribution < -0.4 is 10.6 Å². The van der Waals surface area contributed by atoms with E-state index in [0.29, 0.717) is 6.04 Å². The van der Waals surface area contributed by atoms with Gasteiger partial charge in [-0.25, -0.2) is 4.98 Å².